The number of nitrogens with one attached hydrogen (secondary N) is 2. The van der Waals surface area contributed by atoms with Crippen LogP contribution < -0.4 is 10.1 Å². The summed E-state index contributed by atoms with van der Waals surface area (Å²) < 4.78 is 12.9. The second kappa shape index (κ2) is 7.02. The molecule has 0 fully saturated rings. The predicted molar refractivity (Wildman–Crippen MR) is 124 cm³/mol. The second-order valence-corrected chi connectivity index (χ2v) is 7.84. The van der Waals surface area contributed by atoms with E-state index in [-0.39, 0.29) is 0 Å². The van der Waals surface area contributed by atoms with Crippen molar-refractivity contribution in [2.45, 2.75) is 20.8 Å². The molecule has 6 rings (SSSR count). The smallest absolute Gasteiger partial charge is 0.178 e. The van der Waals surface area contributed by atoms with Gasteiger partial charge in [-0.3, -0.25) is 0 Å². The highest BCUT2D eigenvalue weighted by Gasteiger charge is 2.21. The molecule has 0 radical (unpaired) electrons. The lowest BCUT2D eigenvalue weighted by molar-refractivity contribution is 0.393. The largest absolute Gasteiger partial charge is 0.496 e. The Morgan fingerprint density at radius 1 is 1.15 bits per heavy atom. The molecule has 10 nitrogen and oxygen atoms in total. The van der Waals surface area contributed by atoms with Crippen LogP contribution in [0.3, 0.4) is 0 Å². The number of methoxy groups -OCH3 is 1. The summed E-state index contributed by atoms with van der Waals surface area (Å²) in [6, 6.07) is 5.87. The van der Waals surface area contributed by atoms with Crippen LogP contribution in [0.2, 0.25) is 0 Å². The third kappa shape index (κ3) is 2.91. The lowest BCUT2D eigenvalue weighted by Crippen LogP contribution is -1.99. The number of ether oxygens (including phenoxy) is 1. The minimum absolute atomic E-state index is 0.638. The molecule has 10 heteroatoms. The minimum Gasteiger partial charge on any atom is -0.496 e. The van der Waals surface area contributed by atoms with E-state index >= 15 is 0 Å². The van der Waals surface area contributed by atoms with E-state index in [1.165, 1.54) is 0 Å². The maximum absolute atomic E-state index is 5.76. The van der Waals surface area contributed by atoms with Crippen LogP contribution >= 0.6 is 0 Å². The summed E-state index contributed by atoms with van der Waals surface area (Å²) in [5.41, 5.74) is 5.72. The fraction of sp³-hybridized carbons (Fsp3) is 0.174. The van der Waals surface area contributed by atoms with Gasteiger partial charge in [0, 0.05) is 28.9 Å². The van der Waals surface area contributed by atoms with E-state index < -0.39 is 0 Å². The van der Waals surface area contributed by atoms with Crippen molar-refractivity contribution in [3.63, 3.8) is 0 Å². The van der Waals surface area contributed by atoms with Gasteiger partial charge in [-0.2, -0.15) is 5.10 Å². The van der Waals surface area contributed by atoms with Gasteiger partial charge in [0.25, 0.3) is 0 Å². The van der Waals surface area contributed by atoms with E-state index in [0.717, 1.165) is 50.2 Å². The van der Waals surface area contributed by atoms with Crippen LogP contribution in [0, 0.1) is 20.8 Å². The van der Waals surface area contributed by atoms with Gasteiger partial charge in [-0.1, -0.05) is 5.16 Å². The molecule has 0 aliphatic rings. The summed E-state index contributed by atoms with van der Waals surface area (Å²) in [6.45, 7) is 5.67. The van der Waals surface area contributed by atoms with Crippen LogP contribution in [0.25, 0.3) is 38.7 Å². The molecule has 0 bridgehead atoms. The van der Waals surface area contributed by atoms with Crippen molar-refractivity contribution in [1.82, 2.24) is 34.7 Å². The van der Waals surface area contributed by atoms with Crippen molar-refractivity contribution in [3.05, 3.63) is 54.1 Å². The lowest BCUT2D eigenvalue weighted by Gasteiger charge is -2.10. The lowest BCUT2D eigenvalue weighted by atomic mass is 10.0. The summed E-state index contributed by atoms with van der Waals surface area (Å²) in [6.07, 6.45) is 5.31. The summed E-state index contributed by atoms with van der Waals surface area (Å²) in [5.74, 6) is 2.75. The van der Waals surface area contributed by atoms with Crippen LogP contribution in [0.15, 0.2) is 41.3 Å². The van der Waals surface area contributed by atoms with E-state index in [0.29, 0.717) is 23.0 Å². The van der Waals surface area contributed by atoms with Crippen molar-refractivity contribution in [2.75, 3.05) is 12.4 Å². The Balaban J connectivity index is 1.59. The minimum atomic E-state index is 0.638. The Labute approximate surface area is 187 Å². The average molecular weight is 440 g/mol. The molecule has 0 spiro atoms. The zero-order valence-corrected chi connectivity index (χ0v) is 18.5. The van der Waals surface area contributed by atoms with Gasteiger partial charge in [0.1, 0.15) is 34.5 Å². The maximum Gasteiger partial charge on any atom is 0.178 e. The number of nitrogens with zero attached hydrogens (tertiary/aromatic N) is 6. The van der Waals surface area contributed by atoms with E-state index in [9.17, 15) is 0 Å². The number of rotatable bonds is 4. The molecule has 0 saturated carbocycles. The number of aromatic nitrogens is 7. The number of benzene rings is 1. The highest BCUT2D eigenvalue weighted by atomic mass is 16.5. The number of anilines is 2. The van der Waals surface area contributed by atoms with Crippen LogP contribution in [0.5, 0.6) is 5.75 Å². The quantitative estimate of drug-likeness (QED) is 0.412. The monoisotopic (exact) mass is 440 g/mol. The number of aromatic amines is 1. The van der Waals surface area contributed by atoms with Gasteiger partial charge >= 0.3 is 0 Å². The zero-order chi connectivity index (χ0) is 22.7. The molecule has 5 heterocycles. The molecule has 0 unspecified atom stereocenters. The second-order valence-electron chi connectivity index (χ2n) is 7.84. The Kier molecular flexibility index (Phi) is 4.09. The van der Waals surface area contributed by atoms with Gasteiger partial charge in [-0.25, -0.2) is 19.5 Å². The van der Waals surface area contributed by atoms with Crippen molar-refractivity contribution in [1.29, 1.82) is 0 Å². The van der Waals surface area contributed by atoms with Crippen LogP contribution in [0.1, 0.15) is 17.3 Å². The molecule has 0 aliphatic heterocycles. The van der Waals surface area contributed by atoms with Gasteiger partial charge in [0.2, 0.25) is 0 Å². The molecular formula is C23H20N8O2. The van der Waals surface area contributed by atoms with Crippen molar-refractivity contribution in [2.24, 2.45) is 0 Å². The predicted octanol–water partition coefficient (Wildman–Crippen LogP) is 4.49. The van der Waals surface area contributed by atoms with Crippen LogP contribution in [0.4, 0.5) is 11.5 Å². The van der Waals surface area contributed by atoms with Gasteiger partial charge in [-0.15, -0.1) is 0 Å². The first-order valence-electron chi connectivity index (χ1n) is 10.4. The summed E-state index contributed by atoms with van der Waals surface area (Å²) in [4.78, 5) is 17.2. The first-order chi connectivity index (χ1) is 16.0. The Morgan fingerprint density at radius 3 is 2.82 bits per heavy atom. The Hall–Kier alpha value is -4.47. The van der Waals surface area contributed by atoms with Crippen molar-refractivity contribution in [3.8, 4) is 16.9 Å². The topological polar surface area (TPSA) is 119 Å². The first kappa shape index (κ1) is 19.2. The van der Waals surface area contributed by atoms with E-state index in [1.807, 2.05) is 45.2 Å². The molecule has 0 amide bonds. The normalized spacial score (nSPS) is 11.6. The molecule has 0 aliphatic carbocycles. The van der Waals surface area contributed by atoms with E-state index in [4.69, 9.17) is 9.26 Å². The number of hydrogen-bond donors (Lipinski definition) is 2. The molecular weight excluding hydrogens is 420 g/mol. The molecule has 0 atom stereocenters. The number of fused-ring (bicyclic) bond motifs is 4. The number of hydrogen-bond acceptors (Lipinski definition) is 8. The SMILES string of the molecule is COc1cc2c(cc1-c1c(C)noc1C)[nH]c1nc(C)nc(Nc3cnn4cccnc34)c12. The average Bonchev–Trinajstić information content (AvgIpc) is 3.47. The number of H-pyrrole nitrogens is 1. The molecule has 33 heavy (non-hydrogen) atoms. The zero-order valence-electron chi connectivity index (χ0n) is 18.5. The molecule has 164 valence electrons. The van der Waals surface area contributed by atoms with Gasteiger partial charge < -0.3 is 19.6 Å². The van der Waals surface area contributed by atoms with Gasteiger partial charge in [-0.05, 0) is 39.0 Å². The van der Waals surface area contributed by atoms with Crippen molar-refractivity contribution >= 4 is 39.1 Å². The molecule has 1 aromatic carbocycles. The Bertz CT molecular complexity index is 1660. The molecule has 6 aromatic rings. The molecule has 5 aromatic heterocycles. The standard InChI is InChI=1S/C23H20N8O2/c1-11-19(12(2)33-30-11)15-8-16-14(9-18(15)32-4)20-21(28-16)26-13(3)27-22(20)29-17-10-25-31-7-5-6-24-23(17)31/h5-10H,1-4H3,(H2,26,27,28,29). The maximum atomic E-state index is 5.76. The van der Waals surface area contributed by atoms with Crippen molar-refractivity contribution < 1.29 is 9.26 Å². The molecule has 0 saturated heterocycles. The van der Waals surface area contributed by atoms with E-state index in [1.54, 1.807) is 24.0 Å². The summed E-state index contributed by atoms with van der Waals surface area (Å²) >= 11 is 0. The number of aryl methyl sites for hydroxylation is 3. The highest BCUT2D eigenvalue weighted by molar-refractivity contribution is 6.13. The first-order valence-corrected chi connectivity index (χ1v) is 10.4. The highest BCUT2D eigenvalue weighted by Crippen LogP contribution is 2.41. The van der Waals surface area contributed by atoms with Gasteiger partial charge in [0.05, 0.1) is 30.0 Å². The molecule has 2 N–H and O–H groups in total. The van der Waals surface area contributed by atoms with Crippen LogP contribution in [-0.2, 0) is 0 Å². The van der Waals surface area contributed by atoms with E-state index in [2.05, 4.69) is 35.5 Å². The summed E-state index contributed by atoms with van der Waals surface area (Å²) in [7, 11) is 1.65. The van der Waals surface area contributed by atoms with Gasteiger partial charge in [0.15, 0.2) is 5.65 Å². The third-order valence-electron chi connectivity index (χ3n) is 5.72. The summed E-state index contributed by atoms with van der Waals surface area (Å²) in [5, 5.41) is 13.6. The fourth-order valence-electron chi connectivity index (χ4n) is 4.30. The third-order valence-corrected chi connectivity index (χ3v) is 5.72. The fourth-order valence-corrected chi connectivity index (χ4v) is 4.30. The van der Waals surface area contributed by atoms with Crippen LogP contribution in [-0.4, -0.2) is 41.8 Å². The Morgan fingerprint density at radius 2 is 2.03 bits per heavy atom.